The van der Waals surface area contributed by atoms with E-state index in [1.807, 2.05) is 0 Å². The van der Waals surface area contributed by atoms with E-state index >= 15 is 0 Å². The smallest absolute Gasteiger partial charge is 0.481 e. The zero-order valence-electron chi connectivity index (χ0n) is 6.47. The molecule has 0 saturated heterocycles. The number of hydrogen-bond donors (Lipinski definition) is 7. The predicted molar refractivity (Wildman–Crippen MR) is 40.0 cm³/mol. The Morgan fingerprint density at radius 2 is 1.15 bits per heavy atom. The van der Waals surface area contributed by atoms with Crippen molar-refractivity contribution < 1.29 is 44.2 Å². The summed E-state index contributed by atoms with van der Waals surface area (Å²) in [5.41, 5.74) is 0. The zero-order chi connectivity index (χ0) is 11.7. The first-order chi connectivity index (χ1) is 5.46. The van der Waals surface area contributed by atoms with Crippen LogP contribution in [0.1, 0.15) is 6.92 Å². The Morgan fingerprint density at radius 1 is 1.15 bits per heavy atom. The maximum atomic E-state index is 9.00. The summed E-state index contributed by atoms with van der Waals surface area (Å²) in [4.78, 5) is 30.6. The molecule has 0 heterocycles. The second-order valence-corrected chi connectivity index (χ2v) is 2.41. The average Bonchev–Trinajstić information content (AvgIpc) is 1.50. The monoisotopic (exact) mass is 220 g/mol. The fourth-order valence-corrected chi connectivity index (χ4v) is 0. The van der Waals surface area contributed by atoms with Crippen LogP contribution in [0.15, 0.2) is 0 Å². The van der Waals surface area contributed by atoms with Crippen LogP contribution in [0.2, 0.25) is 0 Å². The molecule has 0 unspecified atom stereocenters. The molecule has 0 amide bonds. The maximum Gasteiger partial charge on any atom is 0.631 e. The summed E-state index contributed by atoms with van der Waals surface area (Å²) in [6, 6.07) is 0. The van der Waals surface area contributed by atoms with E-state index in [9.17, 15) is 0 Å². The van der Waals surface area contributed by atoms with Gasteiger partial charge in [-0.15, -0.1) is 0 Å². The van der Waals surface area contributed by atoms with Gasteiger partial charge in [-0.05, 0) is 0 Å². The van der Waals surface area contributed by atoms with Crippen molar-refractivity contribution in [2.45, 2.75) is 6.92 Å². The van der Waals surface area contributed by atoms with Gasteiger partial charge in [-0.25, -0.2) is 4.57 Å². The van der Waals surface area contributed by atoms with Gasteiger partial charge in [-0.2, -0.15) is 0 Å². The van der Waals surface area contributed by atoms with Crippen molar-refractivity contribution in [2.75, 3.05) is 0 Å². The summed E-state index contributed by atoms with van der Waals surface area (Å²) in [6.45, 7) is 1.08. The average molecular weight is 220 g/mol. The molecule has 0 saturated carbocycles. The van der Waals surface area contributed by atoms with Crippen molar-refractivity contribution in [3.8, 4) is 0 Å². The molecule has 11 heteroatoms. The first kappa shape index (κ1) is 18.3. The van der Waals surface area contributed by atoms with E-state index < -0.39 is 21.1 Å². The summed E-state index contributed by atoms with van der Waals surface area (Å²) in [5.74, 6) is -0.833. The minimum Gasteiger partial charge on any atom is -0.481 e. The Labute approximate surface area is 73.3 Å². The van der Waals surface area contributed by atoms with Crippen LogP contribution >= 0.6 is 7.82 Å². The maximum absolute atomic E-state index is 9.00. The van der Waals surface area contributed by atoms with Gasteiger partial charge in [0.1, 0.15) is 0 Å². The fourth-order valence-electron chi connectivity index (χ4n) is 0. The van der Waals surface area contributed by atoms with Crippen LogP contribution in [0.25, 0.3) is 0 Å². The van der Waals surface area contributed by atoms with E-state index in [0.29, 0.717) is 0 Å². The van der Waals surface area contributed by atoms with Crippen molar-refractivity contribution in [1.29, 1.82) is 0 Å². The lowest BCUT2D eigenvalue weighted by Crippen LogP contribution is -2.07. The van der Waals surface area contributed by atoms with Crippen LogP contribution < -0.4 is 0 Å². The van der Waals surface area contributed by atoms with Crippen LogP contribution in [-0.2, 0) is 9.36 Å². The van der Waals surface area contributed by atoms with Crippen LogP contribution in [0.4, 0.5) is 0 Å². The fraction of sp³-hybridized carbons (Fsp3) is 0.500. The molecular formula is C2H10BO9P. The molecule has 80 valence electrons. The van der Waals surface area contributed by atoms with Crippen LogP contribution in [0.3, 0.4) is 0 Å². The first-order valence-electron chi connectivity index (χ1n) is 2.48. The van der Waals surface area contributed by atoms with Gasteiger partial charge in [0.05, 0.1) is 0 Å². The van der Waals surface area contributed by atoms with E-state index in [1.165, 1.54) is 0 Å². The van der Waals surface area contributed by atoms with Crippen molar-refractivity contribution in [1.82, 2.24) is 0 Å². The summed E-state index contributed by atoms with van der Waals surface area (Å²) < 4.78 is 8.88. The topological polar surface area (TPSA) is 176 Å². The van der Waals surface area contributed by atoms with Gasteiger partial charge in [-0.1, -0.05) is 0 Å². The third kappa shape index (κ3) is 4630. The van der Waals surface area contributed by atoms with Crippen molar-refractivity contribution in [2.24, 2.45) is 0 Å². The van der Waals surface area contributed by atoms with E-state index in [0.717, 1.165) is 6.92 Å². The highest BCUT2D eigenvalue weighted by Crippen LogP contribution is 2.25. The lowest BCUT2D eigenvalue weighted by Gasteiger charge is -1.82. The van der Waals surface area contributed by atoms with Gasteiger partial charge in [0.2, 0.25) is 0 Å². The molecule has 0 aromatic rings. The third-order valence-electron chi connectivity index (χ3n) is 0. The highest BCUT2D eigenvalue weighted by Gasteiger charge is 2.00. The largest absolute Gasteiger partial charge is 0.631 e. The van der Waals surface area contributed by atoms with Gasteiger partial charge < -0.3 is 34.9 Å². The lowest BCUT2D eigenvalue weighted by atomic mass is 10.3. The van der Waals surface area contributed by atoms with E-state index in [4.69, 9.17) is 44.2 Å². The number of carboxylic acid groups (broad SMARTS) is 1. The summed E-state index contributed by atoms with van der Waals surface area (Å²) in [6.07, 6.45) is 0. The number of phosphoric acid groups is 1. The molecular weight excluding hydrogens is 210 g/mol. The number of hydrogen-bond acceptors (Lipinski definition) is 5. The zero-order valence-corrected chi connectivity index (χ0v) is 7.37. The van der Waals surface area contributed by atoms with Gasteiger partial charge >= 0.3 is 15.1 Å². The van der Waals surface area contributed by atoms with Gasteiger partial charge in [0.25, 0.3) is 5.97 Å². The molecule has 9 nitrogen and oxygen atoms in total. The molecule has 0 bridgehead atoms. The molecule has 0 fully saturated rings. The second kappa shape index (κ2) is 9.61. The van der Waals surface area contributed by atoms with Crippen molar-refractivity contribution in [3.63, 3.8) is 0 Å². The molecule has 0 aromatic heterocycles. The minimum atomic E-state index is -4.64. The molecule has 0 aliphatic rings. The predicted octanol–water partition coefficient (Wildman–Crippen LogP) is -2.89. The molecule has 0 atom stereocenters. The number of carbonyl (C=O) groups is 1. The standard InChI is InChI=1S/C2H4O2.BH3O3.H3O4P/c1-2(3)4;2-1(3)4;1-5(2,3)4/h1H3,(H,3,4);2-4H;(H3,1,2,3,4). The Hall–Kier alpha value is -0.475. The molecule has 0 aromatic carbocycles. The molecule has 0 rings (SSSR count). The van der Waals surface area contributed by atoms with E-state index in [2.05, 4.69) is 0 Å². The van der Waals surface area contributed by atoms with Crippen LogP contribution in [0.5, 0.6) is 0 Å². The summed E-state index contributed by atoms with van der Waals surface area (Å²) >= 11 is 0. The molecule has 13 heavy (non-hydrogen) atoms. The number of aliphatic carboxylic acids is 1. The van der Waals surface area contributed by atoms with E-state index in [1.54, 1.807) is 0 Å². The summed E-state index contributed by atoms with van der Waals surface area (Å²) in [7, 11) is -6.81. The lowest BCUT2D eigenvalue weighted by molar-refractivity contribution is -0.134. The van der Waals surface area contributed by atoms with Crippen LogP contribution in [0, 0.1) is 0 Å². The first-order valence-corrected chi connectivity index (χ1v) is 4.05. The normalized spacial score (nSPS) is 8.54. The molecule has 0 spiro atoms. The van der Waals surface area contributed by atoms with Gasteiger partial charge in [0, 0.05) is 6.92 Å². The summed E-state index contributed by atoms with van der Waals surface area (Å²) in [5, 5.41) is 28.9. The molecule has 7 N–H and O–H groups in total. The highest BCUT2D eigenvalue weighted by molar-refractivity contribution is 7.45. The van der Waals surface area contributed by atoms with Gasteiger partial charge in [-0.3, -0.25) is 4.79 Å². The minimum absolute atomic E-state index is 0.833. The quantitative estimate of drug-likeness (QED) is 0.167. The second-order valence-electron chi connectivity index (χ2n) is 1.38. The number of carboxylic acids is 1. The highest BCUT2D eigenvalue weighted by atomic mass is 31.2. The third-order valence-corrected chi connectivity index (χ3v) is 0. The Kier molecular flexibility index (Phi) is 13.6. The Bertz CT molecular complexity index is 146. The van der Waals surface area contributed by atoms with Gasteiger partial charge in [0.15, 0.2) is 0 Å². The number of rotatable bonds is 0. The molecule has 0 radical (unpaired) electrons. The van der Waals surface area contributed by atoms with Crippen molar-refractivity contribution in [3.05, 3.63) is 0 Å². The SMILES string of the molecule is CC(=O)O.O=P(O)(O)O.OB(O)O. The molecule has 0 aliphatic carbocycles. The Morgan fingerprint density at radius 3 is 1.15 bits per heavy atom. The van der Waals surface area contributed by atoms with E-state index in [-0.39, 0.29) is 0 Å². The molecule has 0 aliphatic heterocycles. The van der Waals surface area contributed by atoms with Crippen LogP contribution in [-0.4, -0.2) is 48.1 Å². The van der Waals surface area contributed by atoms with Crippen molar-refractivity contribution >= 4 is 21.1 Å². The Balaban J connectivity index is -0.000000117.